The van der Waals surface area contributed by atoms with E-state index in [1.165, 1.54) is 6.07 Å². The predicted octanol–water partition coefficient (Wildman–Crippen LogP) is 1.73. The average Bonchev–Trinajstić information content (AvgIpc) is 2.90. The van der Waals surface area contributed by atoms with Crippen molar-refractivity contribution in [1.82, 2.24) is 10.2 Å². The molecule has 2 heterocycles. The number of amides is 1. The van der Waals surface area contributed by atoms with Gasteiger partial charge in [-0.15, -0.1) is 0 Å². The molecule has 1 aromatic rings. The molecule has 6 heteroatoms. The van der Waals surface area contributed by atoms with Crippen molar-refractivity contribution in [2.75, 3.05) is 19.6 Å². The van der Waals surface area contributed by atoms with E-state index < -0.39 is 4.92 Å². The minimum atomic E-state index is -0.433. The number of nitrogens with one attached hydrogen (secondary N) is 1. The van der Waals surface area contributed by atoms with Crippen molar-refractivity contribution in [3.05, 3.63) is 39.4 Å². The highest BCUT2D eigenvalue weighted by molar-refractivity contribution is 5.95. The Balaban J connectivity index is 1.79. The van der Waals surface area contributed by atoms with E-state index in [0.717, 1.165) is 25.9 Å². The molecule has 0 spiro atoms. The normalized spacial score (nSPS) is 24.7. The zero-order valence-electron chi connectivity index (χ0n) is 12.0. The van der Waals surface area contributed by atoms with Gasteiger partial charge >= 0.3 is 0 Å². The highest BCUT2D eigenvalue weighted by atomic mass is 16.6. The van der Waals surface area contributed by atoms with Crippen LogP contribution in [0.5, 0.6) is 0 Å². The number of rotatable bonds is 2. The first-order chi connectivity index (χ1) is 10.1. The van der Waals surface area contributed by atoms with Crippen LogP contribution in [0.1, 0.15) is 28.8 Å². The number of aryl methyl sites for hydroxylation is 1. The first-order valence-electron chi connectivity index (χ1n) is 7.34. The van der Waals surface area contributed by atoms with Gasteiger partial charge in [0, 0.05) is 36.3 Å². The number of nitro benzene ring substituents is 1. The molecule has 0 bridgehead atoms. The fourth-order valence-electron chi connectivity index (χ4n) is 3.33. The van der Waals surface area contributed by atoms with E-state index in [1.54, 1.807) is 19.1 Å². The van der Waals surface area contributed by atoms with Gasteiger partial charge in [-0.1, -0.05) is 6.07 Å². The van der Waals surface area contributed by atoms with Crippen LogP contribution in [0.3, 0.4) is 0 Å². The van der Waals surface area contributed by atoms with Gasteiger partial charge in [0.05, 0.1) is 4.92 Å². The number of fused-ring (bicyclic) bond motifs is 1. The third kappa shape index (κ3) is 2.63. The third-order valence-corrected chi connectivity index (χ3v) is 4.54. The summed E-state index contributed by atoms with van der Waals surface area (Å²) in [5.41, 5.74) is 0.995. The molecule has 2 unspecified atom stereocenters. The summed E-state index contributed by atoms with van der Waals surface area (Å²) < 4.78 is 0. The predicted molar refractivity (Wildman–Crippen MR) is 78.3 cm³/mol. The summed E-state index contributed by atoms with van der Waals surface area (Å²) in [4.78, 5) is 24.9. The van der Waals surface area contributed by atoms with Crippen LogP contribution < -0.4 is 5.32 Å². The number of likely N-dealkylation sites (tertiary alicyclic amines) is 1. The lowest BCUT2D eigenvalue weighted by Gasteiger charge is -2.24. The number of nitrogens with zero attached hydrogens (tertiary/aromatic N) is 2. The summed E-state index contributed by atoms with van der Waals surface area (Å²) in [6, 6.07) is 5.10. The van der Waals surface area contributed by atoms with Crippen LogP contribution in [0, 0.1) is 23.0 Å². The van der Waals surface area contributed by atoms with E-state index in [1.807, 2.05) is 4.90 Å². The van der Waals surface area contributed by atoms with Gasteiger partial charge in [0.15, 0.2) is 0 Å². The lowest BCUT2D eigenvalue weighted by molar-refractivity contribution is -0.385. The lowest BCUT2D eigenvalue weighted by atomic mass is 9.94. The summed E-state index contributed by atoms with van der Waals surface area (Å²) >= 11 is 0. The summed E-state index contributed by atoms with van der Waals surface area (Å²) in [5.74, 6) is 0.414. The van der Waals surface area contributed by atoms with E-state index in [2.05, 4.69) is 5.32 Å². The van der Waals surface area contributed by atoms with Crippen LogP contribution in [-0.2, 0) is 0 Å². The number of hydrogen-bond acceptors (Lipinski definition) is 4. The van der Waals surface area contributed by atoms with Crippen molar-refractivity contribution in [2.45, 2.75) is 25.8 Å². The van der Waals surface area contributed by atoms with Crippen molar-refractivity contribution in [3.8, 4) is 0 Å². The van der Waals surface area contributed by atoms with Crippen LogP contribution in [-0.4, -0.2) is 41.4 Å². The summed E-state index contributed by atoms with van der Waals surface area (Å²) in [6.45, 7) is 4.14. The Morgan fingerprint density at radius 2 is 2.24 bits per heavy atom. The van der Waals surface area contributed by atoms with Gasteiger partial charge in [-0.2, -0.15) is 0 Å². The molecule has 2 aliphatic rings. The largest absolute Gasteiger partial charge is 0.337 e. The monoisotopic (exact) mass is 289 g/mol. The van der Waals surface area contributed by atoms with E-state index >= 15 is 0 Å². The highest BCUT2D eigenvalue weighted by Crippen LogP contribution is 2.27. The molecule has 1 amide bonds. The topological polar surface area (TPSA) is 75.5 Å². The summed E-state index contributed by atoms with van der Waals surface area (Å²) in [5, 5.41) is 14.4. The molecule has 2 fully saturated rings. The smallest absolute Gasteiger partial charge is 0.273 e. The quantitative estimate of drug-likeness (QED) is 0.664. The highest BCUT2D eigenvalue weighted by Gasteiger charge is 2.36. The molecule has 0 radical (unpaired) electrons. The van der Waals surface area contributed by atoms with Gasteiger partial charge in [-0.05, 0) is 38.3 Å². The maximum atomic E-state index is 12.6. The number of benzene rings is 1. The van der Waals surface area contributed by atoms with Crippen molar-refractivity contribution in [3.63, 3.8) is 0 Å². The van der Waals surface area contributed by atoms with Crippen LogP contribution >= 0.6 is 0 Å². The van der Waals surface area contributed by atoms with Crippen LogP contribution in [0.4, 0.5) is 5.69 Å². The molecule has 2 saturated heterocycles. The molecule has 3 rings (SSSR count). The molecular weight excluding hydrogens is 270 g/mol. The Bertz CT molecular complexity index is 574. The number of nitro groups is 1. The van der Waals surface area contributed by atoms with Crippen LogP contribution in [0.25, 0.3) is 0 Å². The van der Waals surface area contributed by atoms with Crippen LogP contribution in [0.15, 0.2) is 18.2 Å². The van der Waals surface area contributed by atoms with E-state index in [0.29, 0.717) is 29.6 Å². The molecule has 21 heavy (non-hydrogen) atoms. The van der Waals surface area contributed by atoms with Gasteiger partial charge in [0.25, 0.3) is 11.6 Å². The lowest BCUT2D eigenvalue weighted by Crippen LogP contribution is -2.41. The zero-order valence-corrected chi connectivity index (χ0v) is 12.0. The van der Waals surface area contributed by atoms with Gasteiger partial charge in [-0.25, -0.2) is 0 Å². The minimum Gasteiger partial charge on any atom is -0.337 e. The number of piperidine rings is 1. The molecule has 0 saturated carbocycles. The first-order valence-corrected chi connectivity index (χ1v) is 7.34. The van der Waals surface area contributed by atoms with Gasteiger partial charge in [0.1, 0.15) is 0 Å². The number of carbonyl (C=O) groups is 1. The Labute approximate surface area is 123 Å². The molecule has 0 aliphatic carbocycles. The second kappa shape index (κ2) is 5.44. The molecular formula is C15H19N3O3. The maximum Gasteiger partial charge on any atom is 0.273 e. The fourth-order valence-corrected chi connectivity index (χ4v) is 3.33. The van der Waals surface area contributed by atoms with Gasteiger partial charge in [-0.3, -0.25) is 14.9 Å². The molecule has 112 valence electrons. The van der Waals surface area contributed by atoms with Gasteiger partial charge in [0.2, 0.25) is 0 Å². The van der Waals surface area contributed by atoms with Crippen molar-refractivity contribution >= 4 is 11.6 Å². The van der Waals surface area contributed by atoms with E-state index in [-0.39, 0.29) is 11.6 Å². The molecule has 1 aromatic carbocycles. The molecule has 2 aliphatic heterocycles. The zero-order chi connectivity index (χ0) is 15.0. The summed E-state index contributed by atoms with van der Waals surface area (Å²) in [7, 11) is 0. The molecule has 0 aromatic heterocycles. The third-order valence-electron chi connectivity index (χ3n) is 4.54. The Morgan fingerprint density at radius 1 is 1.43 bits per heavy atom. The second-order valence-corrected chi connectivity index (χ2v) is 5.93. The Morgan fingerprint density at radius 3 is 2.95 bits per heavy atom. The maximum absolute atomic E-state index is 12.6. The van der Waals surface area contributed by atoms with E-state index in [9.17, 15) is 14.9 Å². The van der Waals surface area contributed by atoms with E-state index in [4.69, 9.17) is 0 Å². The first kappa shape index (κ1) is 14.0. The molecule has 1 N–H and O–H groups in total. The van der Waals surface area contributed by atoms with Crippen LogP contribution in [0.2, 0.25) is 0 Å². The fraction of sp³-hybridized carbons (Fsp3) is 0.533. The minimum absolute atomic E-state index is 0.00980. The van der Waals surface area contributed by atoms with Gasteiger partial charge < -0.3 is 10.2 Å². The molecule has 6 nitrogen and oxygen atoms in total. The number of carbonyl (C=O) groups excluding carboxylic acids is 1. The Kier molecular flexibility index (Phi) is 3.63. The number of hydrogen-bond donors (Lipinski definition) is 1. The average molecular weight is 289 g/mol. The SMILES string of the molecule is Cc1ccc(C(=O)N2CC3CCCNC3C2)cc1[N+](=O)[O-]. The second-order valence-electron chi connectivity index (χ2n) is 5.93. The summed E-state index contributed by atoms with van der Waals surface area (Å²) in [6.07, 6.45) is 2.30. The van der Waals surface area contributed by atoms with Crippen molar-refractivity contribution < 1.29 is 9.72 Å². The Hall–Kier alpha value is -1.95. The van der Waals surface area contributed by atoms with Crippen molar-refractivity contribution in [2.24, 2.45) is 5.92 Å². The van der Waals surface area contributed by atoms with Crippen molar-refractivity contribution in [1.29, 1.82) is 0 Å². The standard InChI is InChI=1S/C15H19N3O3/c1-10-4-5-11(7-14(10)18(20)21)15(19)17-8-12-3-2-6-16-13(12)9-17/h4-5,7,12-13,16H,2-3,6,8-9H2,1H3. The molecule has 2 atom stereocenters.